The van der Waals surface area contributed by atoms with Crippen molar-refractivity contribution in [3.8, 4) is 0 Å². The van der Waals surface area contributed by atoms with Gasteiger partial charge >= 0.3 is 0 Å². The SMILES string of the molecule is CN(Cc1ccc(C(N)=O)cc1)C(=O)c1cc(N)cn1C. The minimum absolute atomic E-state index is 0.117. The molecule has 0 unspecified atom stereocenters. The van der Waals surface area contributed by atoms with Crippen molar-refractivity contribution >= 4 is 17.5 Å². The van der Waals surface area contributed by atoms with Gasteiger partial charge in [-0.2, -0.15) is 0 Å². The van der Waals surface area contributed by atoms with Crippen LogP contribution in [-0.2, 0) is 13.6 Å². The van der Waals surface area contributed by atoms with E-state index in [9.17, 15) is 9.59 Å². The van der Waals surface area contributed by atoms with E-state index in [1.165, 1.54) is 0 Å². The highest BCUT2D eigenvalue weighted by Gasteiger charge is 2.16. The Morgan fingerprint density at radius 2 is 1.86 bits per heavy atom. The van der Waals surface area contributed by atoms with Crippen molar-refractivity contribution < 1.29 is 9.59 Å². The quantitative estimate of drug-likeness (QED) is 0.877. The van der Waals surface area contributed by atoms with E-state index in [-0.39, 0.29) is 5.91 Å². The lowest BCUT2D eigenvalue weighted by Gasteiger charge is -2.17. The van der Waals surface area contributed by atoms with Gasteiger partial charge in [-0.15, -0.1) is 0 Å². The van der Waals surface area contributed by atoms with E-state index in [1.54, 1.807) is 60.1 Å². The van der Waals surface area contributed by atoms with Crippen molar-refractivity contribution in [3.05, 3.63) is 53.3 Å². The molecular formula is C15H18N4O2. The summed E-state index contributed by atoms with van der Waals surface area (Å²) in [6, 6.07) is 8.51. The predicted molar refractivity (Wildman–Crippen MR) is 80.6 cm³/mol. The maximum Gasteiger partial charge on any atom is 0.270 e. The molecule has 21 heavy (non-hydrogen) atoms. The highest BCUT2D eigenvalue weighted by molar-refractivity contribution is 5.94. The Morgan fingerprint density at radius 3 is 2.33 bits per heavy atom. The lowest BCUT2D eigenvalue weighted by molar-refractivity contribution is 0.0775. The summed E-state index contributed by atoms with van der Waals surface area (Å²) in [6.07, 6.45) is 1.70. The molecule has 0 aliphatic carbocycles. The van der Waals surface area contributed by atoms with Crippen LogP contribution in [0.1, 0.15) is 26.4 Å². The molecule has 0 saturated heterocycles. The minimum atomic E-state index is -0.467. The Hall–Kier alpha value is -2.76. The Balaban J connectivity index is 2.10. The summed E-state index contributed by atoms with van der Waals surface area (Å²) in [6.45, 7) is 0.433. The molecule has 2 rings (SSSR count). The summed E-state index contributed by atoms with van der Waals surface area (Å²) in [5.74, 6) is -0.585. The molecule has 0 atom stereocenters. The van der Waals surface area contributed by atoms with Gasteiger partial charge in [-0.3, -0.25) is 9.59 Å². The molecule has 110 valence electrons. The number of aromatic nitrogens is 1. The van der Waals surface area contributed by atoms with Gasteiger partial charge in [0.25, 0.3) is 5.91 Å². The molecule has 0 bridgehead atoms. The largest absolute Gasteiger partial charge is 0.397 e. The van der Waals surface area contributed by atoms with Gasteiger partial charge in [0.05, 0.1) is 5.69 Å². The summed E-state index contributed by atoms with van der Waals surface area (Å²) in [7, 11) is 3.49. The molecule has 2 aromatic rings. The standard InChI is InChI=1S/C15H18N4O2/c1-18-9-12(16)7-13(18)15(21)19(2)8-10-3-5-11(6-4-10)14(17)20/h3-7,9H,8,16H2,1-2H3,(H2,17,20). The number of hydrogen-bond acceptors (Lipinski definition) is 3. The first-order valence-electron chi connectivity index (χ1n) is 6.44. The normalized spacial score (nSPS) is 10.4. The van der Waals surface area contributed by atoms with Crippen molar-refractivity contribution in [2.24, 2.45) is 12.8 Å². The van der Waals surface area contributed by atoms with E-state index in [0.717, 1.165) is 5.56 Å². The summed E-state index contributed by atoms with van der Waals surface area (Å²) < 4.78 is 1.70. The molecule has 0 aliphatic heterocycles. The van der Waals surface area contributed by atoms with Crippen LogP contribution >= 0.6 is 0 Å². The van der Waals surface area contributed by atoms with Gasteiger partial charge in [0, 0.05) is 32.4 Å². The van der Waals surface area contributed by atoms with Gasteiger partial charge < -0.3 is 20.9 Å². The second-order valence-corrected chi connectivity index (χ2v) is 4.99. The summed E-state index contributed by atoms with van der Waals surface area (Å²) in [5, 5.41) is 0. The third-order valence-corrected chi connectivity index (χ3v) is 3.25. The first-order valence-corrected chi connectivity index (χ1v) is 6.44. The molecule has 0 saturated carbocycles. The van der Waals surface area contributed by atoms with Crippen LogP contribution < -0.4 is 11.5 Å². The van der Waals surface area contributed by atoms with Gasteiger partial charge in [0.15, 0.2) is 0 Å². The zero-order valence-electron chi connectivity index (χ0n) is 12.0. The summed E-state index contributed by atoms with van der Waals surface area (Å²) in [5.41, 5.74) is 13.3. The molecule has 6 heteroatoms. The van der Waals surface area contributed by atoms with Crippen LogP contribution in [0.4, 0.5) is 5.69 Å². The van der Waals surface area contributed by atoms with Crippen LogP contribution in [-0.4, -0.2) is 28.3 Å². The van der Waals surface area contributed by atoms with Gasteiger partial charge in [-0.25, -0.2) is 0 Å². The number of carbonyl (C=O) groups excluding carboxylic acids is 2. The molecule has 1 aromatic heterocycles. The molecule has 0 aliphatic rings. The molecule has 4 N–H and O–H groups in total. The monoisotopic (exact) mass is 286 g/mol. The smallest absolute Gasteiger partial charge is 0.270 e. The topological polar surface area (TPSA) is 94.3 Å². The third kappa shape index (κ3) is 3.22. The second-order valence-electron chi connectivity index (χ2n) is 4.99. The fourth-order valence-electron chi connectivity index (χ4n) is 2.12. The maximum atomic E-state index is 12.3. The summed E-state index contributed by atoms with van der Waals surface area (Å²) in [4.78, 5) is 24.9. The van der Waals surface area contributed by atoms with Gasteiger partial charge in [0.2, 0.25) is 5.91 Å². The number of primary amides is 1. The van der Waals surface area contributed by atoms with Crippen LogP contribution in [0.25, 0.3) is 0 Å². The molecule has 1 aromatic carbocycles. The molecule has 2 amide bonds. The number of amides is 2. The Bertz CT molecular complexity index is 673. The fraction of sp³-hybridized carbons (Fsp3) is 0.200. The van der Waals surface area contributed by atoms with Crippen molar-refractivity contribution in [3.63, 3.8) is 0 Å². The van der Waals surface area contributed by atoms with Crippen LogP contribution in [0.5, 0.6) is 0 Å². The summed E-state index contributed by atoms with van der Waals surface area (Å²) >= 11 is 0. The molecular weight excluding hydrogens is 268 g/mol. The van der Waals surface area contributed by atoms with E-state index in [2.05, 4.69) is 0 Å². The van der Waals surface area contributed by atoms with Crippen molar-refractivity contribution in [2.75, 3.05) is 12.8 Å². The Morgan fingerprint density at radius 1 is 1.24 bits per heavy atom. The lowest BCUT2D eigenvalue weighted by atomic mass is 10.1. The Kier molecular flexibility index (Phi) is 3.98. The number of nitrogens with two attached hydrogens (primary N) is 2. The highest BCUT2D eigenvalue weighted by atomic mass is 16.2. The van der Waals surface area contributed by atoms with Crippen LogP contribution in [0.2, 0.25) is 0 Å². The van der Waals surface area contributed by atoms with Gasteiger partial charge in [0.1, 0.15) is 5.69 Å². The number of rotatable bonds is 4. The van der Waals surface area contributed by atoms with E-state index in [4.69, 9.17) is 11.5 Å². The lowest BCUT2D eigenvalue weighted by Crippen LogP contribution is -2.27. The molecule has 6 nitrogen and oxygen atoms in total. The average Bonchev–Trinajstić information content (AvgIpc) is 2.77. The zero-order chi connectivity index (χ0) is 15.6. The maximum absolute atomic E-state index is 12.3. The third-order valence-electron chi connectivity index (χ3n) is 3.25. The number of carbonyl (C=O) groups is 2. The van der Waals surface area contributed by atoms with E-state index in [0.29, 0.717) is 23.5 Å². The molecule has 0 radical (unpaired) electrons. The first kappa shape index (κ1) is 14.6. The molecule has 0 fully saturated rings. The molecule has 0 spiro atoms. The number of hydrogen-bond donors (Lipinski definition) is 2. The van der Waals surface area contributed by atoms with Crippen molar-refractivity contribution in [2.45, 2.75) is 6.54 Å². The fourth-order valence-corrected chi connectivity index (χ4v) is 2.12. The van der Waals surface area contributed by atoms with Crippen LogP contribution in [0, 0.1) is 0 Å². The number of nitrogens with zero attached hydrogens (tertiary/aromatic N) is 2. The van der Waals surface area contributed by atoms with Gasteiger partial charge in [-0.05, 0) is 23.8 Å². The highest BCUT2D eigenvalue weighted by Crippen LogP contribution is 2.13. The number of benzene rings is 1. The van der Waals surface area contributed by atoms with E-state index >= 15 is 0 Å². The second kappa shape index (κ2) is 5.70. The van der Waals surface area contributed by atoms with E-state index < -0.39 is 5.91 Å². The predicted octanol–water partition coefficient (Wildman–Crippen LogP) is 0.978. The Labute approximate surface area is 122 Å². The zero-order valence-corrected chi connectivity index (χ0v) is 12.0. The number of nitrogen functional groups attached to an aromatic ring is 1. The van der Waals surface area contributed by atoms with Crippen LogP contribution in [0.15, 0.2) is 36.5 Å². The number of anilines is 1. The van der Waals surface area contributed by atoms with Crippen molar-refractivity contribution in [1.29, 1.82) is 0 Å². The van der Waals surface area contributed by atoms with Gasteiger partial charge in [-0.1, -0.05) is 12.1 Å². The van der Waals surface area contributed by atoms with Crippen molar-refractivity contribution in [1.82, 2.24) is 9.47 Å². The minimum Gasteiger partial charge on any atom is -0.397 e. The molecule has 1 heterocycles. The van der Waals surface area contributed by atoms with Crippen LogP contribution in [0.3, 0.4) is 0 Å². The van der Waals surface area contributed by atoms with E-state index in [1.807, 2.05) is 0 Å². The number of aryl methyl sites for hydroxylation is 1. The average molecular weight is 286 g/mol. The first-order chi connectivity index (χ1) is 9.88.